The van der Waals surface area contributed by atoms with Crippen molar-refractivity contribution in [3.8, 4) is 6.07 Å². The van der Waals surface area contributed by atoms with E-state index >= 15 is 0 Å². The van der Waals surface area contributed by atoms with Crippen LogP contribution in [0.2, 0.25) is 0 Å². The summed E-state index contributed by atoms with van der Waals surface area (Å²) in [6.45, 7) is 2.97. The number of amides is 1. The lowest BCUT2D eigenvalue weighted by Crippen LogP contribution is -2.65. The fourth-order valence-corrected chi connectivity index (χ4v) is 6.12. The van der Waals surface area contributed by atoms with Gasteiger partial charge in [0.1, 0.15) is 0 Å². The van der Waals surface area contributed by atoms with E-state index in [1.165, 1.54) is 17.5 Å². The first-order valence-corrected chi connectivity index (χ1v) is 11.3. The highest BCUT2D eigenvalue weighted by Gasteiger charge is 2.49. The first-order valence-electron chi connectivity index (χ1n) is 11.3. The number of hydrogen-bond donors (Lipinski definition) is 0. The third-order valence-corrected chi connectivity index (χ3v) is 7.32. The van der Waals surface area contributed by atoms with Gasteiger partial charge in [-0.25, -0.2) is 0 Å². The molecule has 2 aromatic rings. The zero-order valence-corrected chi connectivity index (χ0v) is 17.4. The largest absolute Gasteiger partial charge is 0.336 e. The average Bonchev–Trinajstić information content (AvgIpc) is 2.77. The molecule has 0 aromatic heterocycles. The molecule has 154 valence electrons. The molecule has 3 aliphatic rings. The molecule has 3 fully saturated rings. The number of fused-ring (bicyclic) bond motifs is 4. The fraction of sp³-hybridized carbons (Fsp3) is 0.462. The number of benzene rings is 2. The van der Waals surface area contributed by atoms with Crippen LogP contribution in [0.15, 0.2) is 54.6 Å². The average molecular weight is 400 g/mol. The van der Waals surface area contributed by atoms with Gasteiger partial charge in [0, 0.05) is 38.1 Å². The summed E-state index contributed by atoms with van der Waals surface area (Å²) in [4.78, 5) is 17.9. The van der Waals surface area contributed by atoms with Crippen molar-refractivity contribution in [3.05, 3.63) is 71.3 Å². The molecule has 2 aromatic carbocycles. The zero-order chi connectivity index (χ0) is 20.5. The number of likely N-dealkylation sites (tertiary alicyclic amines) is 1. The van der Waals surface area contributed by atoms with Crippen molar-refractivity contribution >= 4 is 5.91 Å². The monoisotopic (exact) mass is 399 g/mol. The third-order valence-electron chi connectivity index (χ3n) is 7.32. The Bertz CT molecular complexity index is 950. The number of nitriles is 1. The van der Waals surface area contributed by atoms with E-state index in [-0.39, 0.29) is 0 Å². The topological polar surface area (TPSA) is 47.3 Å². The van der Waals surface area contributed by atoms with E-state index in [0.717, 1.165) is 44.5 Å². The Balaban J connectivity index is 1.40. The Morgan fingerprint density at radius 3 is 2.63 bits per heavy atom. The number of carbonyl (C=O) groups excluding carboxylic acids is 1. The molecule has 4 nitrogen and oxygen atoms in total. The molecule has 5 rings (SSSR count). The molecular weight excluding hydrogens is 370 g/mol. The molecule has 0 N–H and O–H groups in total. The first kappa shape index (κ1) is 19.3. The van der Waals surface area contributed by atoms with Crippen LogP contribution in [-0.2, 0) is 17.8 Å². The predicted octanol–water partition coefficient (Wildman–Crippen LogP) is 4.00. The molecule has 4 atom stereocenters. The molecule has 30 heavy (non-hydrogen) atoms. The van der Waals surface area contributed by atoms with Gasteiger partial charge < -0.3 is 4.90 Å². The van der Waals surface area contributed by atoms with Crippen molar-refractivity contribution in [2.24, 2.45) is 11.8 Å². The van der Waals surface area contributed by atoms with Crippen LogP contribution >= 0.6 is 0 Å². The van der Waals surface area contributed by atoms with E-state index in [1.807, 2.05) is 18.2 Å². The van der Waals surface area contributed by atoms with E-state index in [4.69, 9.17) is 0 Å². The van der Waals surface area contributed by atoms with Crippen LogP contribution in [0, 0.1) is 23.2 Å². The van der Waals surface area contributed by atoms with Crippen molar-refractivity contribution in [2.75, 3.05) is 13.1 Å². The van der Waals surface area contributed by atoms with Gasteiger partial charge in [-0.15, -0.1) is 0 Å². The summed E-state index contributed by atoms with van der Waals surface area (Å²) in [5.74, 6) is 1.46. The zero-order valence-electron chi connectivity index (χ0n) is 17.4. The molecule has 3 heterocycles. The number of nitrogens with zero attached hydrogens (tertiary/aromatic N) is 3. The Labute approximate surface area is 179 Å². The number of hydrogen-bond acceptors (Lipinski definition) is 3. The number of rotatable bonds is 4. The maximum Gasteiger partial charge on any atom is 0.223 e. The quantitative estimate of drug-likeness (QED) is 0.781. The van der Waals surface area contributed by atoms with Crippen molar-refractivity contribution in [3.63, 3.8) is 0 Å². The number of carbonyl (C=O) groups is 1. The molecule has 0 unspecified atom stereocenters. The van der Waals surface area contributed by atoms with Gasteiger partial charge in [0.2, 0.25) is 5.91 Å². The molecule has 0 aliphatic carbocycles. The maximum absolute atomic E-state index is 13.0. The van der Waals surface area contributed by atoms with Gasteiger partial charge in [-0.1, -0.05) is 42.5 Å². The standard InChI is InChI=1S/C26H29N3O/c27-15-20-8-4-9-21(12-20)16-28-17-22-14-23(18-28)25(13-19-6-2-1-3-7-19)29-24(22)10-5-11-26(29)30/h1-4,6-9,12,22-25H,5,10-11,13-14,16-18H2/t22-,23+,24+,25+/m1/s1. The van der Waals surface area contributed by atoms with Gasteiger partial charge in [-0.05, 0) is 60.8 Å². The minimum absolute atomic E-state index is 0.301. The van der Waals surface area contributed by atoms with Crippen LogP contribution in [0.1, 0.15) is 42.4 Å². The summed E-state index contributed by atoms with van der Waals surface area (Å²) >= 11 is 0. The summed E-state index contributed by atoms with van der Waals surface area (Å²) in [6, 6.07) is 21.6. The van der Waals surface area contributed by atoms with E-state index in [1.54, 1.807) is 0 Å². The maximum atomic E-state index is 13.0. The summed E-state index contributed by atoms with van der Waals surface area (Å²) in [5.41, 5.74) is 3.28. The smallest absolute Gasteiger partial charge is 0.223 e. The Morgan fingerprint density at radius 1 is 1.00 bits per heavy atom. The van der Waals surface area contributed by atoms with Crippen LogP contribution in [0.3, 0.4) is 0 Å². The Morgan fingerprint density at radius 2 is 1.80 bits per heavy atom. The van der Waals surface area contributed by atoms with Gasteiger partial charge in [0.05, 0.1) is 11.6 Å². The van der Waals surface area contributed by atoms with E-state index < -0.39 is 0 Å². The van der Waals surface area contributed by atoms with E-state index in [2.05, 4.69) is 52.3 Å². The minimum Gasteiger partial charge on any atom is -0.336 e. The molecule has 4 heteroatoms. The highest BCUT2D eigenvalue weighted by Crippen LogP contribution is 2.42. The van der Waals surface area contributed by atoms with Gasteiger partial charge >= 0.3 is 0 Å². The lowest BCUT2D eigenvalue weighted by atomic mass is 9.70. The van der Waals surface area contributed by atoms with Crippen LogP contribution in [0.5, 0.6) is 0 Å². The highest BCUT2D eigenvalue weighted by atomic mass is 16.2. The van der Waals surface area contributed by atoms with Crippen molar-refractivity contribution in [1.82, 2.24) is 9.80 Å². The Hall–Kier alpha value is -2.64. The van der Waals surface area contributed by atoms with Crippen molar-refractivity contribution in [2.45, 2.75) is 50.7 Å². The van der Waals surface area contributed by atoms with Gasteiger partial charge in [-0.2, -0.15) is 5.26 Å². The number of piperidine rings is 3. The normalized spacial score (nSPS) is 28.6. The van der Waals surface area contributed by atoms with Crippen LogP contribution in [0.4, 0.5) is 0 Å². The molecule has 1 amide bonds. The second kappa shape index (κ2) is 8.24. The molecule has 3 saturated heterocycles. The minimum atomic E-state index is 0.301. The molecule has 0 saturated carbocycles. The summed E-state index contributed by atoms with van der Waals surface area (Å²) in [6.07, 6.45) is 5.08. The highest BCUT2D eigenvalue weighted by molar-refractivity contribution is 5.78. The lowest BCUT2D eigenvalue weighted by molar-refractivity contribution is -0.152. The van der Waals surface area contributed by atoms with Crippen LogP contribution in [-0.4, -0.2) is 40.9 Å². The van der Waals surface area contributed by atoms with Crippen LogP contribution < -0.4 is 0 Å². The molecule has 0 radical (unpaired) electrons. The molecule has 0 spiro atoms. The molecular formula is C26H29N3O. The molecule has 3 aliphatic heterocycles. The second-order valence-corrected chi connectivity index (χ2v) is 9.28. The van der Waals surface area contributed by atoms with Gasteiger partial charge in [0.15, 0.2) is 0 Å². The lowest BCUT2D eigenvalue weighted by Gasteiger charge is -2.57. The predicted molar refractivity (Wildman–Crippen MR) is 116 cm³/mol. The van der Waals surface area contributed by atoms with Gasteiger partial charge in [-0.3, -0.25) is 9.69 Å². The second-order valence-electron chi connectivity index (χ2n) is 9.28. The summed E-state index contributed by atoms with van der Waals surface area (Å²) in [5, 5.41) is 9.23. The van der Waals surface area contributed by atoms with E-state index in [9.17, 15) is 10.1 Å². The van der Waals surface area contributed by atoms with Crippen molar-refractivity contribution < 1.29 is 4.79 Å². The summed E-state index contributed by atoms with van der Waals surface area (Å²) in [7, 11) is 0. The van der Waals surface area contributed by atoms with E-state index in [0.29, 0.717) is 36.2 Å². The van der Waals surface area contributed by atoms with Gasteiger partial charge in [0.25, 0.3) is 0 Å². The first-order chi connectivity index (χ1) is 14.7. The van der Waals surface area contributed by atoms with Crippen LogP contribution in [0.25, 0.3) is 0 Å². The van der Waals surface area contributed by atoms with Crippen molar-refractivity contribution in [1.29, 1.82) is 5.26 Å². The third kappa shape index (κ3) is 3.75. The SMILES string of the molecule is N#Cc1cccc(CN2C[C@H]3C[C@@H](C2)[C@H](Cc2ccccc2)N2C(=O)CCC[C@@H]32)c1. The fourth-order valence-electron chi connectivity index (χ4n) is 6.12. The molecule has 2 bridgehead atoms. The Kier molecular flexibility index (Phi) is 5.31. The summed E-state index contributed by atoms with van der Waals surface area (Å²) < 4.78 is 0.